The molecule has 1 unspecified atom stereocenters. The largest absolute Gasteiger partial charge is 0.322 e. The predicted molar refractivity (Wildman–Crippen MR) is 94.2 cm³/mol. The minimum atomic E-state index is -0.140. The van der Waals surface area contributed by atoms with E-state index in [2.05, 4.69) is 56.1 Å². The lowest BCUT2D eigenvalue weighted by Gasteiger charge is -2.14. The first-order valence-electron chi connectivity index (χ1n) is 6.69. The number of nitrogens with two attached hydrogens (primary N) is 1. The minimum absolute atomic E-state index is 0.140. The smallest absolute Gasteiger partial charge is 0.0723 e. The summed E-state index contributed by atoms with van der Waals surface area (Å²) in [6.45, 7) is 0. The van der Waals surface area contributed by atoms with Crippen LogP contribution in [0.3, 0.4) is 0 Å². The number of benzene rings is 2. The molecular weight excluding hydrogens is 392 g/mol. The number of hydrogen-bond donors (Lipinski definition) is 1. The van der Waals surface area contributed by atoms with Crippen LogP contribution in [0.5, 0.6) is 0 Å². The molecule has 2 aromatic carbocycles. The molecule has 0 bridgehead atoms. The number of pyridine rings is 1. The highest BCUT2D eigenvalue weighted by atomic mass is 79.9. The summed E-state index contributed by atoms with van der Waals surface area (Å²) < 4.78 is 2.03. The molecule has 0 spiro atoms. The molecule has 3 rings (SSSR count). The molecular formula is C17H14Br2N2. The molecule has 1 heterocycles. The summed E-state index contributed by atoms with van der Waals surface area (Å²) in [5.74, 6) is 0. The fraction of sp³-hybridized carbons (Fsp3) is 0.118. The Bertz CT molecular complexity index is 787. The second-order valence-electron chi connectivity index (χ2n) is 4.99. The van der Waals surface area contributed by atoms with Crippen LogP contribution in [0.25, 0.3) is 10.9 Å². The highest BCUT2D eigenvalue weighted by Gasteiger charge is 2.14. The third-order valence-electron chi connectivity index (χ3n) is 3.40. The topological polar surface area (TPSA) is 38.9 Å². The predicted octanol–water partition coefficient (Wildman–Crippen LogP) is 5.00. The molecule has 3 aromatic rings. The van der Waals surface area contributed by atoms with Crippen molar-refractivity contribution in [2.45, 2.75) is 12.5 Å². The number of aromatic nitrogens is 1. The van der Waals surface area contributed by atoms with Gasteiger partial charge in [-0.1, -0.05) is 46.3 Å². The summed E-state index contributed by atoms with van der Waals surface area (Å²) in [5, 5.41) is 1.11. The molecule has 4 heteroatoms. The van der Waals surface area contributed by atoms with Crippen molar-refractivity contribution >= 4 is 42.8 Å². The van der Waals surface area contributed by atoms with E-state index in [9.17, 15) is 0 Å². The van der Waals surface area contributed by atoms with Crippen LogP contribution in [0.4, 0.5) is 0 Å². The Morgan fingerprint density at radius 1 is 1.00 bits per heavy atom. The van der Waals surface area contributed by atoms with Gasteiger partial charge < -0.3 is 5.73 Å². The number of halogens is 2. The highest BCUT2D eigenvalue weighted by molar-refractivity contribution is 9.10. The van der Waals surface area contributed by atoms with Gasteiger partial charge >= 0.3 is 0 Å². The number of para-hydroxylation sites is 1. The Morgan fingerprint density at radius 2 is 1.81 bits per heavy atom. The lowest BCUT2D eigenvalue weighted by molar-refractivity contribution is 0.696. The molecule has 0 amide bonds. The zero-order valence-electron chi connectivity index (χ0n) is 11.3. The van der Waals surface area contributed by atoms with E-state index >= 15 is 0 Å². The van der Waals surface area contributed by atoms with Gasteiger partial charge in [0.05, 0.1) is 17.3 Å². The fourth-order valence-electron chi connectivity index (χ4n) is 2.38. The van der Waals surface area contributed by atoms with Gasteiger partial charge in [0.25, 0.3) is 0 Å². The summed E-state index contributed by atoms with van der Waals surface area (Å²) in [6.07, 6.45) is 0.753. The molecule has 106 valence electrons. The van der Waals surface area contributed by atoms with Crippen LogP contribution in [0.2, 0.25) is 0 Å². The van der Waals surface area contributed by atoms with Crippen LogP contribution >= 0.6 is 31.9 Å². The lowest BCUT2D eigenvalue weighted by atomic mass is 10.0. The average molecular weight is 406 g/mol. The first-order chi connectivity index (χ1) is 10.1. The first kappa shape index (κ1) is 14.7. The van der Waals surface area contributed by atoms with Gasteiger partial charge in [-0.25, -0.2) is 4.98 Å². The number of hydrogen-bond acceptors (Lipinski definition) is 2. The van der Waals surface area contributed by atoms with Gasteiger partial charge in [-0.2, -0.15) is 0 Å². The maximum Gasteiger partial charge on any atom is 0.0723 e. The molecule has 0 saturated heterocycles. The molecule has 1 aromatic heterocycles. The maximum atomic E-state index is 6.36. The Balaban J connectivity index is 1.93. The van der Waals surface area contributed by atoms with Crippen molar-refractivity contribution < 1.29 is 0 Å². The quantitative estimate of drug-likeness (QED) is 0.665. The minimum Gasteiger partial charge on any atom is -0.322 e. The van der Waals surface area contributed by atoms with Crippen LogP contribution in [-0.4, -0.2) is 4.98 Å². The van der Waals surface area contributed by atoms with Gasteiger partial charge in [0.15, 0.2) is 0 Å². The van der Waals surface area contributed by atoms with E-state index in [1.165, 1.54) is 5.56 Å². The summed E-state index contributed by atoms with van der Waals surface area (Å²) in [6, 6.07) is 18.2. The van der Waals surface area contributed by atoms with Crippen molar-refractivity contribution in [3.63, 3.8) is 0 Å². The highest BCUT2D eigenvalue weighted by Crippen LogP contribution is 2.27. The van der Waals surface area contributed by atoms with E-state index in [4.69, 9.17) is 10.7 Å². The van der Waals surface area contributed by atoms with Crippen molar-refractivity contribution in [2.24, 2.45) is 5.73 Å². The Hall–Kier alpha value is -1.23. The van der Waals surface area contributed by atoms with Crippen LogP contribution in [-0.2, 0) is 6.42 Å². The van der Waals surface area contributed by atoms with Gasteiger partial charge in [0.2, 0.25) is 0 Å². The second kappa shape index (κ2) is 6.26. The summed E-state index contributed by atoms with van der Waals surface area (Å²) in [5.41, 5.74) is 9.42. The van der Waals surface area contributed by atoms with Crippen LogP contribution in [0.15, 0.2) is 63.5 Å². The van der Waals surface area contributed by atoms with E-state index in [0.717, 1.165) is 32.0 Å². The van der Waals surface area contributed by atoms with Gasteiger partial charge in [-0.05, 0) is 52.2 Å². The molecule has 0 radical (unpaired) electrons. The monoisotopic (exact) mass is 404 g/mol. The van der Waals surface area contributed by atoms with Crippen molar-refractivity contribution in [3.05, 3.63) is 74.8 Å². The number of nitrogens with zero attached hydrogens (tertiary/aromatic N) is 1. The van der Waals surface area contributed by atoms with Crippen molar-refractivity contribution in [1.29, 1.82) is 0 Å². The lowest BCUT2D eigenvalue weighted by Crippen LogP contribution is -2.15. The van der Waals surface area contributed by atoms with Gasteiger partial charge in [-0.3, -0.25) is 0 Å². The third kappa shape index (κ3) is 3.34. The molecule has 21 heavy (non-hydrogen) atoms. The normalized spacial score (nSPS) is 12.5. The fourth-order valence-corrected chi connectivity index (χ4v) is 3.46. The van der Waals surface area contributed by atoms with Crippen LogP contribution in [0.1, 0.15) is 17.3 Å². The summed E-state index contributed by atoms with van der Waals surface area (Å²) in [7, 11) is 0. The standard InChI is InChI=1S/C17H14Br2N2/c18-13-6-3-4-11(8-13)9-15(20)17-14(19)10-12-5-1-2-7-16(12)21-17/h1-8,10,15H,9,20H2. The van der Waals surface area contributed by atoms with Gasteiger partial charge in [0.1, 0.15) is 0 Å². The van der Waals surface area contributed by atoms with Crippen LogP contribution in [0, 0.1) is 0 Å². The van der Waals surface area contributed by atoms with E-state index in [1.54, 1.807) is 0 Å². The molecule has 0 aliphatic carbocycles. The van der Waals surface area contributed by atoms with Crippen molar-refractivity contribution in [2.75, 3.05) is 0 Å². The number of rotatable bonds is 3. The third-order valence-corrected chi connectivity index (χ3v) is 4.53. The molecule has 2 N–H and O–H groups in total. The van der Waals surface area contributed by atoms with E-state index in [1.807, 2.05) is 30.3 Å². The van der Waals surface area contributed by atoms with E-state index < -0.39 is 0 Å². The second-order valence-corrected chi connectivity index (χ2v) is 6.76. The maximum absolute atomic E-state index is 6.36. The number of fused-ring (bicyclic) bond motifs is 1. The molecule has 0 fully saturated rings. The summed E-state index contributed by atoms with van der Waals surface area (Å²) in [4.78, 5) is 4.71. The van der Waals surface area contributed by atoms with E-state index in [0.29, 0.717) is 0 Å². The molecule has 0 saturated carbocycles. The zero-order chi connectivity index (χ0) is 14.8. The van der Waals surface area contributed by atoms with Gasteiger partial charge in [0, 0.05) is 14.3 Å². The zero-order valence-corrected chi connectivity index (χ0v) is 14.4. The Morgan fingerprint density at radius 3 is 2.62 bits per heavy atom. The molecule has 1 atom stereocenters. The van der Waals surface area contributed by atoms with Gasteiger partial charge in [-0.15, -0.1) is 0 Å². The first-order valence-corrected chi connectivity index (χ1v) is 8.27. The van der Waals surface area contributed by atoms with Crippen molar-refractivity contribution in [3.8, 4) is 0 Å². The Kier molecular flexibility index (Phi) is 4.38. The molecule has 0 aliphatic rings. The van der Waals surface area contributed by atoms with E-state index in [-0.39, 0.29) is 6.04 Å². The SMILES string of the molecule is NC(Cc1cccc(Br)c1)c1nc2ccccc2cc1Br. The van der Waals surface area contributed by atoms with Crippen LogP contribution < -0.4 is 5.73 Å². The Labute approximate surface area is 140 Å². The molecule has 0 aliphatic heterocycles. The molecule has 2 nitrogen and oxygen atoms in total. The average Bonchev–Trinajstić information content (AvgIpc) is 2.46. The van der Waals surface area contributed by atoms with Crippen molar-refractivity contribution in [1.82, 2.24) is 4.98 Å². The summed E-state index contributed by atoms with van der Waals surface area (Å²) >= 11 is 7.08.